The summed E-state index contributed by atoms with van der Waals surface area (Å²) in [5, 5.41) is 6.42. The second-order valence-corrected chi connectivity index (χ2v) is 6.95. The Morgan fingerprint density at radius 1 is 1.30 bits per heavy atom. The van der Waals surface area contributed by atoms with Gasteiger partial charge in [0, 0.05) is 49.8 Å². The van der Waals surface area contributed by atoms with Crippen molar-refractivity contribution in [3.8, 4) is 0 Å². The van der Waals surface area contributed by atoms with Crippen LogP contribution in [-0.2, 0) is 16.1 Å². The van der Waals surface area contributed by atoms with Crippen molar-refractivity contribution in [1.29, 1.82) is 0 Å². The van der Waals surface area contributed by atoms with Crippen molar-refractivity contribution < 1.29 is 14.0 Å². The van der Waals surface area contributed by atoms with Gasteiger partial charge < -0.3 is 15.1 Å². The van der Waals surface area contributed by atoms with Crippen LogP contribution >= 0.6 is 0 Å². The molecule has 3 rings (SSSR count). The number of anilines is 1. The Morgan fingerprint density at radius 2 is 2.11 bits per heavy atom. The summed E-state index contributed by atoms with van der Waals surface area (Å²) in [7, 11) is 0. The molecule has 2 aromatic rings. The van der Waals surface area contributed by atoms with Gasteiger partial charge >= 0.3 is 5.63 Å². The first-order valence-electron chi connectivity index (χ1n) is 9.30. The van der Waals surface area contributed by atoms with Crippen LogP contribution in [0.4, 0.5) is 5.69 Å². The average Bonchev–Trinajstić information content (AvgIpc) is 2.61. The van der Waals surface area contributed by atoms with Gasteiger partial charge in [0.15, 0.2) is 0 Å². The Balaban J connectivity index is 1.82. The molecule has 1 saturated heterocycles. The number of rotatable bonds is 5. The van der Waals surface area contributed by atoms with Gasteiger partial charge in [0.25, 0.3) is 0 Å². The van der Waals surface area contributed by atoms with E-state index < -0.39 is 5.63 Å². The van der Waals surface area contributed by atoms with Crippen LogP contribution in [0.2, 0.25) is 0 Å². The first-order chi connectivity index (χ1) is 13.0. The molecule has 1 aliphatic heterocycles. The van der Waals surface area contributed by atoms with Crippen LogP contribution < -0.4 is 16.3 Å². The van der Waals surface area contributed by atoms with E-state index in [1.54, 1.807) is 12.1 Å². The van der Waals surface area contributed by atoms with E-state index in [-0.39, 0.29) is 17.7 Å². The fourth-order valence-electron chi connectivity index (χ4n) is 3.61. The maximum atomic E-state index is 12.2. The zero-order valence-corrected chi connectivity index (χ0v) is 15.7. The van der Waals surface area contributed by atoms with E-state index in [1.165, 1.54) is 13.0 Å². The maximum Gasteiger partial charge on any atom is 0.336 e. The molecular weight excluding hydrogens is 346 g/mol. The van der Waals surface area contributed by atoms with Crippen molar-refractivity contribution in [2.75, 3.05) is 25.0 Å². The van der Waals surface area contributed by atoms with Gasteiger partial charge in [-0.15, -0.1) is 0 Å². The van der Waals surface area contributed by atoms with Crippen molar-refractivity contribution in [2.24, 2.45) is 5.92 Å². The lowest BCUT2D eigenvalue weighted by atomic mass is 9.96. The van der Waals surface area contributed by atoms with E-state index >= 15 is 0 Å². The number of hydrogen-bond acceptors (Lipinski definition) is 5. The lowest BCUT2D eigenvalue weighted by Crippen LogP contribution is -2.42. The molecule has 1 aromatic carbocycles. The average molecular weight is 371 g/mol. The number of likely N-dealkylation sites (tertiary alicyclic amines) is 1. The monoisotopic (exact) mass is 371 g/mol. The van der Waals surface area contributed by atoms with E-state index in [0.717, 1.165) is 30.3 Å². The molecule has 2 amide bonds. The number of fused-ring (bicyclic) bond motifs is 1. The maximum absolute atomic E-state index is 12.2. The summed E-state index contributed by atoms with van der Waals surface area (Å²) in [5.41, 5.74) is 1.48. The van der Waals surface area contributed by atoms with E-state index in [1.807, 2.05) is 13.0 Å². The van der Waals surface area contributed by atoms with Crippen LogP contribution in [0.15, 0.2) is 33.5 Å². The van der Waals surface area contributed by atoms with E-state index in [0.29, 0.717) is 30.9 Å². The second-order valence-electron chi connectivity index (χ2n) is 6.95. The molecule has 0 saturated carbocycles. The van der Waals surface area contributed by atoms with Crippen molar-refractivity contribution in [3.05, 3.63) is 40.2 Å². The Bertz CT molecular complexity index is 906. The Morgan fingerprint density at radius 3 is 2.85 bits per heavy atom. The second kappa shape index (κ2) is 8.35. The summed E-state index contributed by atoms with van der Waals surface area (Å²) in [5.74, 6) is -0.103. The van der Waals surface area contributed by atoms with E-state index in [2.05, 4.69) is 15.5 Å². The molecule has 1 aromatic heterocycles. The SMILES string of the molecule is CCNC(=O)C1CCCN(Cc2cc(=O)oc3cc(NC(C)=O)ccc23)C1. The zero-order chi connectivity index (χ0) is 19.4. The molecule has 7 nitrogen and oxygen atoms in total. The first kappa shape index (κ1) is 19.1. The van der Waals surface area contributed by atoms with E-state index in [9.17, 15) is 14.4 Å². The number of amides is 2. The minimum absolute atomic E-state index is 0.0172. The van der Waals surface area contributed by atoms with Crippen LogP contribution in [0.5, 0.6) is 0 Å². The predicted molar refractivity (Wildman–Crippen MR) is 103 cm³/mol. The van der Waals surface area contributed by atoms with Crippen LogP contribution in [0.25, 0.3) is 11.0 Å². The topological polar surface area (TPSA) is 91.7 Å². The molecule has 7 heteroatoms. The molecule has 0 bridgehead atoms. The third-order valence-corrected chi connectivity index (χ3v) is 4.77. The van der Waals surface area contributed by atoms with Gasteiger partial charge in [-0.3, -0.25) is 14.5 Å². The van der Waals surface area contributed by atoms with Crippen LogP contribution in [0.3, 0.4) is 0 Å². The predicted octanol–water partition coefficient (Wildman–Crippen LogP) is 2.10. The summed E-state index contributed by atoms with van der Waals surface area (Å²) in [6.45, 7) is 6.13. The number of benzene rings is 1. The molecule has 27 heavy (non-hydrogen) atoms. The highest BCUT2D eigenvalue weighted by Crippen LogP contribution is 2.24. The molecule has 2 heterocycles. The number of nitrogens with one attached hydrogen (secondary N) is 2. The Hall–Kier alpha value is -2.67. The van der Waals surface area contributed by atoms with Gasteiger partial charge in [0.05, 0.1) is 5.92 Å². The van der Waals surface area contributed by atoms with Gasteiger partial charge in [-0.25, -0.2) is 4.79 Å². The fourth-order valence-corrected chi connectivity index (χ4v) is 3.61. The largest absolute Gasteiger partial charge is 0.423 e. The minimum Gasteiger partial charge on any atom is -0.423 e. The van der Waals surface area contributed by atoms with Gasteiger partial charge in [-0.2, -0.15) is 0 Å². The molecule has 1 atom stereocenters. The highest BCUT2D eigenvalue weighted by Gasteiger charge is 2.25. The van der Waals surface area contributed by atoms with Crippen LogP contribution in [-0.4, -0.2) is 36.3 Å². The molecule has 1 aliphatic rings. The van der Waals surface area contributed by atoms with Gasteiger partial charge in [-0.05, 0) is 44.0 Å². The minimum atomic E-state index is -0.422. The highest BCUT2D eigenvalue weighted by atomic mass is 16.4. The third-order valence-electron chi connectivity index (χ3n) is 4.77. The van der Waals surface area contributed by atoms with Crippen molar-refractivity contribution in [3.63, 3.8) is 0 Å². The van der Waals surface area contributed by atoms with Gasteiger partial charge in [0.2, 0.25) is 11.8 Å². The Labute approximate surface area is 157 Å². The lowest BCUT2D eigenvalue weighted by molar-refractivity contribution is -0.126. The van der Waals surface area contributed by atoms with E-state index in [4.69, 9.17) is 4.42 Å². The molecule has 144 valence electrons. The molecule has 0 radical (unpaired) electrons. The fraction of sp³-hybridized carbons (Fsp3) is 0.450. The van der Waals surface area contributed by atoms with Crippen molar-refractivity contribution in [1.82, 2.24) is 10.2 Å². The normalized spacial score (nSPS) is 17.6. The van der Waals surface area contributed by atoms with Gasteiger partial charge in [0.1, 0.15) is 5.58 Å². The summed E-state index contributed by atoms with van der Waals surface area (Å²) in [4.78, 5) is 37.6. The molecule has 1 unspecified atom stereocenters. The first-order valence-corrected chi connectivity index (χ1v) is 9.30. The lowest BCUT2D eigenvalue weighted by Gasteiger charge is -2.32. The molecule has 0 aliphatic carbocycles. The number of piperidine rings is 1. The molecule has 1 fully saturated rings. The highest BCUT2D eigenvalue weighted by molar-refractivity contribution is 5.92. The van der Waals surface area contributed by atoms with Gasteiger partial charge in [-0.1, -0.05) is 0 Å². The third kappa shape index (κ3) is 4.74. The summed E-state index contributed by atoms with van der Waals surface area (Å²) in [6.07, 6.45) is 1.84. The van der Waals surface area contributed by atoms with Crippen molar-refractivity contribution >= 4 is 28.5 Å². The summed E-state index contributed by atoms with van der Waals surface area (Å²) in [6, 6.07) is 6.82. The summed E-state index contributed by atoms with van der Waals surface area (Å²) >= 11 is 0. The number of carbonyl (C=O) groups excluding carboxylic acids is 2. The smallest absolute Gasteiger partial charge is 0.336 e. The van der Waals surface area contributed by atoms with Crippen LogP contribution in [0, 0.1) is 5.92 Å². The van der Waals surface area contributed by atoms with Crippen molar-refractivity contribution in [2.45, 2.75) is 33.2 Å². The zero-order valence-electron chi connectivity index (χ0n) is 15.7. The quantitative estimate of drug-likeness (QED) is 0.786. The number of nitrogens with zero attached hydrogens (tertiary/aromatic N) is 1. The van der Waals surface area contributed by atoms with Crippen LogP contribution in [0.1, 0.15) is 32.3 Å². The summed E-state index contributed by atoms with van der Waals surface area (Å²) < 4.78 is 5.32. The Kier molecular flexibility index (Phi) is 5.91. The standard InChI is InChI=1S/C20H25N3O4/c1-3-21-20(26)14-5-4-8-23(11-14)12-15-9-19(25)27-18-10-16(22-13(2)24)6-7-17(15)18/h6-7,9-10,14H,3-5,8,11-12H2,1-2H3,(H,21,26)(H,22,24). The number of hydrogen-bond donors (Lipinski definition) is 2. The molecule has 2 N–H and O–H groups in total. The number of carbonyl (C=O) groups is 2. The molecular formula is C20H25N3O4. The molecule has 0 spiro atoms.